The first kappa shape index (κ1) is 33.1. The third-order valence-electron chi connectivity index (χ3n) is 9.58. The molecule has 1 saturated heterocycles. The summed E-state index contributed by atoms with van der Waals surface area (Å²) in [7, 11) is 0. The summed E-state index contributed by atoms with van der Waals surface area (Å²) in [5.41, 5.74) is -4.67. The van der Waals surface area contributed by atoms with Crippen molar-refractivity contribution >= 4 is 29.8 Å². The minimum Gasteiger partial charge on any atom is -0.459 e. The second-order valence-electron chi connectivity index (χ2n) is 12.8. The molecular weight excluding hydrogens is 604 g/mol. The van der Waals surface area contributed by atoms with Gasteiger partial charge in [-0.2, -0.15) is 0 Å². The molecule has 2 aromatic rings. The zero-order chi connectivity index (χ0) is 33.8. The maximum Gasteiger partial charge on any atom is 0.374 e. The Morgan fingerprint density at radius 3 is 1.85 bits per heavy atom. The lowest BCUT2D eigenvalue weighted by Crippen LogP contribution is -2.81. The van der Waals surface area contributed by atoms with Crippen LogP contribution in [0.3, 0.4) is 0 Å². The Labute approximate surface area is 265 Å². The Balaban J connectivity index is 1.81. The van der Waals surface area contributed by atoms with Crippen LogP contribution in [0.1, 0.15) is 69.4 Å². The molecule has 0 unspecified atom stereocenters. The summed E-state index contributed by atoms with van der Waals surface area (Å²) < 4.78 is 42.0. The van der Waals surface area contributed by atoms with E-state index in [-0.39, 0.29) is 11.3 Å². The molecule has 5 rings (SSSR count). The highest BCUT2D eigenvalue weighted by Gasteiger charge is 2.85. The van der Waals surface area contributed by atoms with Crippen LogP contribution < -0.4 is 0 Å². The molecule has 2 bridgehead atoms. The predicted octanol–water partition coefficient (Wildman–Crippen LogP) is 3.02. The molecule has 0 amide bonds. The Bertz CT molecular complexity index is 1500. The van der Waals surface area contributed by atoms with Gasteiger partial charge in [0.2, 0.25) is 5.76 Å². The average molecular weight is 643 g/mol. The minimum atomic E-state index is -1.83. The predicted molar refractivity (Wildman–Crippen MR) is 155 cm³/mol. The van der Waals surface area contributed by atoms with Crippen LogP contribution in [0.15, 0.2) is 53.1 Å². The first-order valence-corrected chi connectivity index (χ1v) is 15.0. The molecular formula is C33H38O13. The summed E-state index contributed by atoms with van der Waals surface area (Å²) >= 11 is 0. The minimum absolute atomic E-state index is 0.168. The Morgan fingerprint density at radius 1 is 0.717 bits per heavy atom. The van der Waals surface area contributed by atoms with E-state index in [0.29, 0.717) is 0 Å². The van der Waals surface area contributed by atoms with Gasteiger partial charge in [0, 0.05) is 26.7 Å². The molecule has 3 fully saturated rings. The monoisotopic (exact) mass is 642 g/mol. The van der Waals surface area contributed by atoms with Crippen LogP contribution in [-0.2, 0) is 42.8 Å². The van der Waals surface area contributed by atoms with Crippen LogP contribution in [-0.4, -0.2) is 82.8 Å². The van der Waals surface area contributed by atoms with Crippen molar-refractivity contribution in [3.63, 3.8) is 0 Å². The van der Waals surface area contributed by atoms with Gasteiger partial charge in [0.25, 0.3) is 0 Å². The van der Waals surface area contributed by atoms with Gasteiger partial charge in [0.05, 0.1) is 28.8 Å². The fourth-order valence-electron chi connectivity index (χ4n) is 7.91. The fraction of sp³-hybridized carbons (Fsp3) is 0.545. The topological polar surface area (TPSA) is 174 Å². The number of benzene rings is 1. The quantitative estimate of drug-likeness (QED) is 0.345. The molecule has 1 N–H and O–H groups in total. The number of furan rings is 1. The molecule has 1 aromatic carbocycles. The molecule has 3 aliphatic rings. The van der Waals surface area contributed by atoms with Gasteiger partial charge in [-0.05, 0) is 45.0 Å². The number of rotatable bonds is 7. The van der Waals surface area contributed by atoms with E-state index in [1.165, 1.54) is 44.4 Å². The van der Waals surface area contributed by atoms with Gasteiger partial charge in [0.15, 0.2) is 18.3 Å². The van der Waals surface area contributed by atoms with Crippen molar-refractivity contribution in [1.29, 1.82) is 0 Å². The maximum atomic E-state index is 13.8. The highest BCUT2D eigenvalue weighted by atomic mass is 16.6. The first-order valence-electron chi connectivity index (χ1n) is 15.0. The largest absolute Gasteiger partial charge is 0.459 e. The van der Waals surface area contributed by atoms with Crippen LogP contribution in [0, 0.1) is 17.3 Å². The van der Waals surface area contributed by atoms with Crippen LogP contribution in [0.2, 0.25) is 0 Å². The summed E-state index contributed by atoms with van der Waals surface area (Å²) in [4.78, 5) is 65.2. The SMILES string of the molecule is CC(=O)O[C@@H]1[C@H](O)[C@@H](C)[C@]23OC(C)(C)[C@H]([C@H](OC(C)=O)[C@H](OC(=O)c4ccccc4)[C@]2(C)[C@H]1OC(=O)c1ccco1)[C@H]3OC(C)=O. The van der Waals surface area contributed by atoms with Gasteiger partial charge >= 0.3 is 29.8 Å². The lowest BCUT2D eigenvalue weighted by molar-refractivity contribution is -0.332. The third-order valence-corrected chi connectivity index (χ3v) is 9.58. The molecule has 1 aromatic heterocycles. The van der Waals surface area contributed by atoms with Crippen LogP contribution in [0.4, 0.5) is 0 Å². The van der Waals surface area contributed by atoms with Gasteiger partial charge in [-0.1, -0.05) is 25.1 Å². The third kappa shape index (κ3) is 5.15. The van der Waals surface area contributed by atoms with Gasteiger partial charge in [-0.3, -0.25) is 14.4 Å². The summed E-state index contributed by atoms with van der Waals surface area (Å²) in [6.07, 6.45) is -7.50. The van der Waals surface area contributed by atoms with Crippen LogP contribution in [0.5, 0.6) is 0 Å². The van der Waals surface area contributed by atoms with E-state index in [2.05, 4.69) is 0 Å². The molecule has 13 heteroatoms. The standard InChI is InChI=1S/C33H38O13/c1-16-23(37)25(42-18(3)35)28(45-30(39)21-14-11-15-40-21)32(7)27(44-29(38)20-12-9-8-10-13-20)24(41-17(2)34)22-26(43-19(4)36)33(16,32)46-31(22,5)6/h8-16,22-28,37H,1-7H3/t16-,22-,23-,24+,25-,26-,27+,28+,32-,33-/m1/s1. The van der Waals surface area contributed by atoms with Crippen molar-refractivity contribution in [3.05, 3.63) is 60.1 Å². The van der Waals surface area contributed by atoms with E-state index in [1.54, 1.807) is 45.9 Å². The summed E-state index contributed by atoms with van der Waals surface area (Å²) in [6.45, 7) is 10.1. The Kier molecular flexibility index (Phi) is 8.54. The normalized spacial score (nSPS) is 35.7. The van der Waals surface area contributed by atoms with Crippen LogP contribution >= 0.6 is 0 Å². The molecule has 2 heterocycles. The Morgan fingerprint density at radius 2 is 1.28 bits per heavy atom. The van der Waals surface area contributed by atoms with Crippen molar-refractivity contribution in [2.24, 2.45) is 17.3 Å². The highest BCUT2D eigenvalue weighted by Crippen LogP contribution is 2.68. The lowest BCUT2D eigenvalue weighted by Gasteiger charge is -2.64. The van der Waals surface area contributed by atoms with Gasteiger partial charge in [0.1, 0.15) is 23.9 Å². The summed E-state index contributed by atoms with van der Waals surface area (Å²) in [5, 5.41) is 11.8. The molecule has 1 aliphatic heterocycles. The zero-order valence-electron chi connectivity index (χ0n) is 26.6. The van der Waals surface area contributed by atoms with E-state index in [1.807, 2.05) is 0 Å². The molecule has 1 spiro atoms. The number of ether oxygens (including phenoxy) is 6. The van der Waals surface area contributed by atoms with Crippen molar-refractivity contribution in [2.75, 3.05) is 0 Å². The first-order chi connectivity index (χ1) is 21.6. The maximum absolute atomic E-state index is 13.8. The average Bonchev–Trinajstić information content (AvgIpc) is 3.58. The van der Waals surface area contributed by atoms with Crippen molar-refractivity contribution in [2.45, 2.75) is 96.3 Å². The van der Waals surface area contributed by atoms with E-state index >= 15 is 0 Å². The molecule has 46 heavy (non-hydrogen) atoms. The van der Waals surface area contributed by atoms with E-state index in [4.69, 9.17) is 32.8 Å². The number of carbonyl (C=O) groups is 5. The molecule has 13 nitrogen and oxygen atoms in total. The number of hydrogen-bond acceptors (Lipinski definition) is 13. The zero-order valence-corrected chi connectivity index (χ0v) is 26.6. The summed E-state index contributed by atoms with van der Waals surface area (Å²) in [6, 6.07) is 10.9. The molecule has 0 radical (unpaired) electrons. The molecule has 248 valence electrons. The number of esters is 5. The fourth-order valence-corrected chi connectivity index (χ4v) is 7.91. The second-order valence-corrected chi connectivity index (χ2v) is 12.8. The van der Waals surface area contributed by atoms with Crippen molar-refractivity contribution < 1.29 is 61.9 Å². The van der Waals surface area contributed by atoms with E-state index in [0.717, 1.165) is 6.92 Å². The summed E-state index contributed by atoms with van der Waals surface area (Å²) in [5.74, 6) is -6.20. The second kappa shape index (κ2) is 11.8. The lowest BCUT2D eigenvalue weighted by atomic mass is 9.47. The van der Waals surface area contributed by atoms with Crippen LogP contribution in [0.25, 0.3) is 0 Å². The number of aliphatic hydroxyl groups excluding tert-OH is 1. The van der Waals surface area contributed by atoms with Gasteiger partial charge in [-0.15, -0.1) is 0 Å². The molecule has 2 aliphatic carbocycles. The molecule has 10 atom stereocenters. The number of carbonyl (C=O) groups excluding carboxylic acids is 5. The van der Waals surface area contributed by atoms with E-state index in [9.17, 15) is 29.1 Å². The molecule has 2 saturated carbocycles. The number of hydrogen-bond donors (Lipinski definition) is 1. The van der Waals surface area contributed by atoms with Crippen molar-refractivity contribution in [1.82, 2.24) is 0 Å². The number of fused-ring (bicyclic) bond motifs is 1. The number of aliphatic hydroxyl groups is 1. The van der Waals surface area contributed by atoms with Crippen molar-refractivity contribution in [3.8, 4) is 0 Å². The van der Waals surface area contributed by atoms with Gasteiger partial charge in [-0.25, -0.2) is 9.59 Å². The van der Waals surface area contributed by atoms with E-state index < -0.39 is 94.9 Å². The Hall–Kier alpha value is -4.23. The smallest absolute Gasteiger partial charge is 0.374 e. The highest BCUT2D eigenvalue weighted by molar-refractivity contribution is 5.89. The van der Waals surface area contributed by atoms with Gasteiger partial charge < -0.3 is 37.9 Å².